The Morgan fingerprint density at radius 1 is 1.15 bits per heavy atom. The fraction of sp³-hybridized carbons (Fsp3) is 0.471. The third-order valence-electron chi connectivity index (χ3n) is 3.88. The highest BCUT2D eigenvalue weighted by molar-refractivity contribution is 6.42. The molecular weight excluding hydrogens is 383 g/mol. The van der Waals surface area contributed by atoms with Gasteiger partial charge >= 0.3 is 12.1 Å². The summed E-state index contributed by atoms with van der Waals surface area (Å²) < 4.78 is 9.93. The fourth-order valence-electron chi connectivity index (χ4n) is 2.53. The lowest BCUT2D eigenvalue weighted by Gasteiger charge is -2.31. The van der Waals surface area contributed by atoms with Gasteiger partial charge in [0.05, 0.1) is 22.2 Å². The predicted molar refractivity (Wildman–Crippen MR) is 96.5 cm³/mol. The molecule has 7 nitrogen and oxygen atoms in total. The first-order valence-electron chi connectivity index (χ1n) is 8.24. The normalized spacial score (nSPS) is 14.7. The van der Waals surface area contributed by atoms with Gasteiger partial charge in [-0.15, -0.1) is 0 Å². The molecule has 1 aliphatic rings. The van der Waals surface area contributed by atoms with E-state index in [0.717, 1.165) is 0 Å². The Morgan fingerprint density at radius 2 is 1.85 bits per heavy atom. The second-order valence-corrected chi connectivity index (χ2v) is 6.55. The van der Waals surface area contributed by atoms with Crippen molar-refractivity contribution in [2.24, 2.45) is 0 Å². The van der Waals surface area contributed by atoms with Gasteiger partial charge in [0, 0.05) is 19.1 Å². The summed E-state index contributed by atoms with van der Waals surface area (Å²) in [6, 6.07) is 4.27. The standard InChI is InChI=1S/C17H20Cl2N2O5/c1-2-25-17(24)21-7-5-12(6-8-21)20-15(22)10-26-16(23)11-3-4-13(18)14(19)9-11/h3-4,9,12H,2,5-8,10H2,1H3,(H,20,22). The number of carbonyl (C=O) groups excluding carboxylic acids is 3. The van der Waals surface area contributed by atoms with Crippen molar-refractivity contribution < 1.29 is 23.9 Å². The Labute approximate surface area is 161 Å². The number of piperidine rings is 1. The molecule has 0 aromatic heterocycles. The van der Waals surface area contributed by atoms with Crippen LogP contribution in [0.3, 0.4) is 0 Å². The number of nitrogens with one attached hydrogen (secondary N) is 1. The van der Waals surface area contributed by atoms with E-state index in [1.807, 2.05) is 0 Å². The lowest BCUT2D eigenvalue weighted by molar-refractivity contribution is -0.125. The molecule has 0 aliphatic carbocycles. The quantitative estimate of drug-likeness (QED) is 0.765. The monoisotopic (exact) mass is 402 g/mol. The molecule has 1 heterocycles. The maximum atomic E-state index is 11.9. The Kier molecular flexibility index (Phi) is 7.53. The highest BCUT2D eigenvalue weighted by Gasteiger charge is 2.24. The SMILES string of the molecule is CCOC(=O)N1CCC(NC(=O)COC(=O)c2ccc(Cl)c(Cl)c2)CC1. The molecule has 1 fully saturated rings. The molecule has 0 atom stereocenters. The third-order valence-corrected chi connectivity index (χ3v) is 4.61. The molecule has 1 aromatic carbocycles. The number of rotatable bonds is 5. The van der Waals surface area contributed by atoms with E-state index in [9.17, 15) is 14.4 Å². The number of benzene rings is 1. The van der Waals surface area contributed by atoms with Crippen molar-refractivity contribution >= 4 is 41.2 Å². The molecule has 0 radical (unpaired) electrons. The van der Waals surface area contributed by atoms with Crippen LogP contribution in [-0.4, -0.2) is 55.2 Å². The van der Waals surface area contributed by atoms with Crippen LogP contribution in [-0.2, 0) is 14.3 Å². The first-order chi connectivity index (χ1) is 12.4. The van der Waals surface area contributed by atoms with Gasteiger partial charge in [-0.05, 0) is 38.0 Å². The Morgan fingerprint density at radius 3 is 2.46 bits per heavy atom. The van der Waals surface area contributed by atoms with E-state index in [-0.39, 0.29) is 22.7 Å². The number of halogens is 2. The average Bonchev–Trinajstić information content (AvgIpc) is 2.62. The molecule has 2 amide bonds. The summed E-state index contributed by atoms with van der Waals surface area (Å²) >= 11 is 11.6. The first kappa shape index (κ1) is 20.3. The van der Waals surface area contributed by atoms with Gasteiger partial charge in [-0.3, -0.25) is 4.79 Å². The van der Waals surface area contributed by atoms with Gasteiger partial charge in [0.25, 0.3) is 5.91 Å². The largest absolute Gasteiger partial charge is 0.452 e. The highest BCUT2D eigenvalue weighted by atomic mass is 35.5. The molecule has 2 rings (SSSR count). The van der Waals surface area contributed by atoms with Gasteiger partial charge < -0.3 is 19.7 Å². The van der Waals surface area contributed by atoms with Crippen molar-refractivity contribution in [1.29, 1.82) is 0 Å². The smallest absolute Gasteiger partial charge is 0.409 e. The third kappa shape index (κ3) is 5.78. The van der Waals surface area contributed by atoms with Crippen LogP contribution in [0.5, 0.6) is 0 Å². The van der Waals surface area contributed by atoms with Gasteiger partial charge in [0.1, 0.15) is 0 Å². The molecule has 1 aliphatic heterocycles. The second-order valence-electron chi connectivity index (χ2n) is 5.73. The predicted octanol–water partition coefficient (Wildman–Crippen LogP) is 2.89. The summed E-state index contributed by atoms with van der Waals surface area (Å²) in [6.45, 7) is 2.71. The van der Waals surface area contributed by atoms with E-state index in [1.54, 1.807) is 11.8 Å². The van der Waals surface area contributed by atoms with Crippen molar-refractivity contribution in [3.8, 4) is 0 Å². The van der Waals surface area contributed by atoms with Crippen molar-refractivity contribution in [2.45, 2.75) is 25.8 Å². The summed E-state index contributed by atoms with van der Waals surface area (Å²) in [5.41, 5.74) is 0.218. The zero-order valence-corrected chi connectivity index (χ0v) is 15.8. The summed E-state index contributed by atoms with van der Waals surface area (Å²) in [5, 5.41) is 3.36. The minimum atomic E-state index is -0.657. The van der Waals surface area contributed by atoms with Crippen LogP contribution in [0.1, 0.15) is 30.1 Å². The molecule has 1 aromatic rings. The Bertz CT molecular complexity index is 675. The minimum Gasteiger partial charge on any atom is -0.452 e. The van der Waals surface area contributed by atoms with Crippen molar-refractivity contribution in [1.82, 2.24) is 10.2 Å². The van der Waals surface area contributed by atoms with Crippen LogP contribution in [0.4, 0.5) is 4.79 Å². The van der Waals surface area contributed by atoms with Gasteiger partial charge in [0.2, 0.25) is 0 Å². The molecule has 142 valence electrons. The number of carbonyl (C=O) groups is 3. The lowest BCUT2D eigenvalue weighted by Crippen LogP contribution is -2.47. The van der Waals surface area contributed by atoms with E-state index in [0.29, 0.717) is 37.6 Å². The van der Waals surface area contributed by atoms with Gasteiger partial charge in [0.15, 0.2) is 6.61 Å². The number of likely N-dealkylation sites (tertiary alicyclic amines) is 1. The second kappa shape index (κ2) is 9.64. The van der Waals surface area contributed by atoms with E-state index in [4.69, 9.17) is 32.7 Å². The lowest BCUT2D eigenvalue weighted by atomic mass is 10.1. The maximum absolute atomic E-state index is 11.9. The van der Waals surface area contributed by atoms with Crippen LogP contribution in [0, 0.1) is 0 Å². The van der Waals surface area contributed by atoms with Crippen LogP contribution in [0.15, 0.2) is 18.2 Å². The number of amides is 2. The first-order valence-corrected chi connectivity index (χ1v) is 8.99. The van der Waals surface area contributed by atoms with E-state index in [2.05, 4.69) is 5.32 Å². The topological polar surface area (TPSA) is 84.9 Å². The molecule has 0 spiro atoms. The zero-order valence-electron chi connectivity index (χ0n) is 14.3. The molecular formula is C17H20Cl2N2O5. The number of hydrogen-bond acceptors (Lipinski definition) is 5. The molecule has 1 N–H and O–H groups in total. The molecule has 0 unspecified atom stereocenters. The Hall–Kier alpha value is -1.99. The molecule has 26 heavy (non-hydrogen) atoms. The molecule has 1 saturated heterocycles. The summed E-state index contributed by atoms with van der Waals surface area (Å²) in [6.07, 6.45) is 0.893. The summed E-state index contributed by atoms with van der Waals surface area (Å²) in [4.78, 5) is 37.1. The summed E-state index contributed by atoms with van der Waals surface area (Å²) in [5.74, 6) is -1.05. The Balaban J connectivity index is 1.73. The fourth-order valence-corrected chi connectivity index (χ4v) is 2.83. The number of ether oxygens (including phenoxy) is 2. The van der Waals surface area contributed by atoms with Crippen LogP contribution < -0.4 is 5.32 Å². The molecule has 0 saturated carbocycles. The van der Waals surface area contributed by atoms with Gasteiger partial charge in [-0.25, -0.2) is 9.59 Å². The van der Waals surface area contributed by atoms with Crippen molar-refractivity contribution in [3.05, 3.63) is 33.8 Å². The van der Waals surface area contributed by atoms with Crippen molar-refractivity contribution in [3.63, 3.8) is 0 Å². The summed E-state index contributed by atoms with van der Waals surface area (Å²) in [7, 11) is 0. The van der Waals surface area contributed by atoms with E-state index >= 15 is 0 Å². The average molecular weight is 403 g/mol. The minimum absolute atomic E-state index is 0.0724. The molecule has 9 heteroatoms. The van der Waals surface area contributed by atoms with Crippen LogP contribution in [0.2, 0.25) is 10.0 Å². The van der Waals surface area contributed by atoms with Gasteiger partial charge in [-0.2, -0.15) is 0 Å². The zero-order chi connectivity index (χ0) is 19.1. The van der Waals surface area contributed by atoms with Crippen LogP contribution >= 0.6 is 23.2 Å². The van der Waals surface area contributed by atoms with E-state index in [1.165, 1.54) is 18.2 Å². The highest BCUT2D eigenvalue weighted by Crippen LogP contribution is 2.22. The van der Waals surface area contributed by atoms with E-state index < -0.39 is 18.5 Å². The van der Waals surface area contributed by atoms with Crippen LogP contribution in [0.25, 0.3) is 0 Å². The maximum Gasteiger partial charge on any atom is 0.409 e. The number of nitrogens with zero attached hydrogens (tertiary/aromatic N) is 1. The molecule has 0 bridgehead atoms. The number of esters is 1. The van der Waals surface area contributed by atoms with Crippen molar-refractivity contribution in [2.75, 3.05) is 26.3 Å². The number of hydrogen-bond donors (Lipinski definition) is 1. The van der Waals surface area contributed by atoms with Gasteiger partial charge in [-0.1, -0.05) is 23.2 Å².